The van der Waals surface area contributed by atoms with E-state index in [0.717, 1.165) is 16.2 Å². The molecule has 5 aromatic rings. The number of aromatic nitrogens is 6. The van der Waals surface area contributed by atoms with E-state index in [4.69, 9.17) is 0 Å². The second-order valence-corrected chi connectivity index (χ2v) is 6.87. The number of nitrogens with one attached hydrogen (secondary N) is 1. The molecule has 28 heavy (non-hydrogen) atoms. The van der Waals surface area contributed by atoms with Crippen molar-refractivity contribution in [3.63, 3.8) is 0 Å². The van der Waals surface area contributed by atoms with Gasteiger partial charge in [-0.25, -0.2) is 9.97 Å². The van der Waals surface area contributed by atoms with Crippen molar-refractivity contribution in [2.24, 2.45) is 0 Å². The minimum Gasteiger partial charge on any atom is -0.321 e. The highest BCUT2D eigenvalue weighted by molar-refractivity contribution is 7.15. The van der Waals surface area contributed by atoms with Crippen molar-refractivity contribution in [1.82, 2.24) is 29.1 Å². The topological polar surface area (TPSA) is 90.0 Å². The van der Waals surface area contributed by atoms with Crippen LogP contribution in [0.1, 0.15) is 10.5 Å². The van der Waals surface area contributed by atoms with E-state index in [1.807, 2.05) is 46.4 Å². The highest BCUT2D eigenvalue weighted by Crippen LogP contribution is 2.24. The molecule has 1 aromatic carbocycles. The maximum absolute atomic E-state index is 12.5. The van der Waals surface area contributed by atoms with E-state index in [1.54, 1.807) is 46.8 Å². The van der Waals surface area contributed by atoms with Gasteiger partial charge in [-0.2, -0.15) is 0 Å². The zero-order chi connectivity index (χ0) is 18.9. The standard InChI is InChI=1S/C19H13N7OS/c27-18(15-4-5-17(24-23-15)26-7-6-20-12-26)21-14-3-1-2-13(10-14)16-11-25-8-9-28-19(25)22-16/h1-12H,(H,21,27). The third-order valence-electron chi connectivity index (χ3n) is 4.16. The van der Waals surface area contributed by atoms with Gasteiger partial charge in [0, 0.05) is 41.4 Å². The zero-order valence-corrected chi connectivity index (χ0v) is 15.2. The summed E-state index contributed by atoms with van der Waals surface area (Å²) in [6, 6.07) is 10.9. The smallest absolute Gasteiger partial charge is 0.276 e. The molecule has 0 aliphatic carbocycles. The van der Waals surface area contributed by atoms with Crippen molar-refractivity contribution in [3.05, 3.63) is 78.6 Å². The number of rotatable bonds is 4. The molecule has 0 saturated heterocycles. The van der Waals surface area contributed by atoms with Crippen molar-refractivity contribution in [2.45, 2.75) is 0 Å². The van der Waals surface area contributed by atoms with Gasteiger partial charge >= 0.3 is 0 Å². The molecule has 5 rings (SSSR count). The van der Waals surface area contributed by atoms with Crippen LogP contribution in [-0.4, -0.2) is 35.0 Å². The zero-order valence-electron chi connectivity index (χ0n) is 14.4. The SMILES string of the molecule is O=C(Nc1cccc(-c2cn3ccsc3n2)c1)c1ccc(-n2ccnc2)nn1. The van der Waals surface area contributed by atoms with E-state index in [9.17, 15) is 4.79 Å². The lowest BCUT2D eigenvalue weighted by Crippen LogP contribution is -2.15. The lowest BCUT2D eigenvalue weighted by Gasteiger charge is -2.06. The highest BCUT2D eigenvalue weighted by Gasteiger charge is 2.11. The molecule has 8 nitrogen and oxygen atoms in total. The minimum atomic E-state index is -0.326. The van der Waals surface area contributed by atoms with Crippen LogP contribution < -0.4 is 5.32 Å². The Balaban J connectivity index is 1.35. The fourth-order valence-electron chi connectivity index (χ4n) is 2.80. The summed E-state index contributed by atoms with van der Waals surface area (Å²) in [6.45, 7) is 0. The van der Waals surface area contributed by atoms with Crippen LogP contribution in [0.2, 0.25) is 0 Å². The number of carbonyl (C=O) groups is 1. The number of benzene rings is 1. The number of hydrogen-bond acceptors (Lipinski definition) is 6. The van der Waals surface area contributed by atoms with Crippen molar-refractivity contribution < 1.29 is 4.79 Å². The van der Waals surface area contributed by atoms with Gasteiger partial charge in [0.15, 0.2) is 16.5 Å². The summed E-state index contributed by atoms with van der Waals surface area (Å²) in [5.41, 5.74) is 2.68. The second-order valence-electron chi connectivity index (χ2n) is 6.00. The number of imidazole rings is 2. The molecule has 136 valence electrons. The Morgan fingerprint density at radius 3 is 2.86 bits per heavy atom. The van der Waals surface area contributed by atoms with Crippen LogP contribution >= 0.6 is 11.3 Å². The molecule has 0 aliphatic rings. The van der Waals surface area contributed by atoms with Crippen LogP contribution in [-0.2, 0) is 0 Å². The molecule has 0 unspecified atom stereocenters. The molecule has 1 N–H and O–H groups in total. The van der Waals surface area contributed by atoms with Crippen LogP contribution in [0.15, 0.2) is 72.9 Å². The first-order valence-electron chi connectivity index (χ1n) is 8.42. The van der Waals surface area contributed by atoms with Gasteiger partial charge < -0.3 is 5.32 Å². The Morgan fingerprint density at radius 2 is 2.07 bits per heavy atom. The summed E-state index contributed by atoms with van der Waals surface area (Å²) >= 11 is 1.58. The largest absolute Gasteiger partial charge is 0.321 e. The first kappa shape index (κ1) is 16.3. The number of hydrogen-bond donors (Lipinski definition) is 1. The van der Waals surface area contributed by atoms with Crippen LogP contribution in [0.5, 0.6) is 0 Å². The van der Waals surface area contributed by atoms with E-state index in [2.05, 4.69) is 25.5 Å². The lowest BCUT2D eigenvalue weighted by atomic mass is 10.1. The minimum absolute atomic E-state index is 0.233. The Kier molecular flexibility index (Phi) is 3.91. The molecule has 9 heteroatoms. The van der Waals surface area contributed by atoms with Gasteiger partial charge in [0.25, 0.3) is 5.91 Å². The van der Waals surface area contributed by atoms with Crippen molar-refractivity contribution in [3.8, 4) is 17.1 Å². The van der Waals surface area contributed by atoms with Gasteiger partial charge in [-0.05, 0) is 24.3 Å². The molecule has 0 atom stereocenters. The molecular formula is C19H13N7OS. The van der Waals surface area contributed by atoms with Crippen LogP contribution in [0, 0.1) is 0 Å². The van der Waals surface area contributed by atoms with Crippen LogP contribution in [0.4, 0.5) is 5.69 Å². The summed E-state index contributed by atoms with van der Waals surface area (Å²) < 4.78 is 3.69. The molecule has 1 amide bonds. The molecule has 0 saturated carbocycles. The average Bonchev–Trinajstić information content (AvgIpc) is 3.46. The number of fused-ring (bicyclic) bond motifs is 1. The number of anilines is 1. The summed E-state index contributed by atoms with van der Waals surface area (Å²) in [5, 5.41) is 12.9. The first-order valence-corrected chi connectivity index (χ1v) is 9.30. The first-order chi connectivity index (χ1) is 13.8. The Labute approximate surface area is 163 Å². The predicted molar refractivity (Wildman–Crippen MR) is 106 cm³/mol. The summed E-state index contributed by atoms with van der Waals surface area (Å²) in [7, 11) is 0. The van der Waals surface area contributed by atoms with Gasteiger partial charge in [-0.15, -0.1) is 21.5 Å². The van der Waals surface area contributed by atoms with Gasteiger partial charge in [-0.1, -0.05) is 12.1 Å². The molecule has 0 aliphatic heterocycles. The Morgan fingerprint density at radius 1 is 1.11 bits per heavy atom. The summed E-state index contributed by atoms with van der Waals surface area (Å²) in [5.74, 6) is 0.267. The van der Waals surface area contributed by atoms with Crippen LogP contribution in [0.25, 0.3) is 22.0 Å². The number of thiazole rings is 1. The Bertz CT molecular complexity index is 1230. The molecule has 4 heterocycles. The van der Waals surface area contributed by atoms with Crippen molar-refractivity contribution in [2.75, 3.05) is 5.32 Å². The van der Waals surface area contributed by atoms with E-state index < -0.39 is 0 Å². The van der Waals surface area contributed by atoms with Crippen molar-refractivity contribution >= 4 is 27.9 Å². The van der Waals surface area contributed by atoms with Crippen LogP contribution in [0.3, 0.4) is 0 Å². The fourth-order valence-corrected chi connectivity index (χ4v) is 3.50. The van der Waals surface area contributed by atoms with E-state index in [0.29, 0.717) is 11.5 Å². The molecule has 0 radical (unpaired) electrons. The van der Waals surface area contributed by atoms with Gasteiger partial charge in [0.05, 0.1) is 5.69 Å². The van der Waals surface area contributed by atoms with Gasteiger partial charge in [0.2, 0.25) is 0 Å². The number of amides is 1. The third kappa shape index (κ3) is 3.03. The highest BCUT2D eigenvalue weighted by atomic mass is 32.1. The van der Waals surface area contributed by atoms with Gasteiger partial charge in [0.1, 0.15) is 6.33 Å². The summed E-state index contributed by atoms with van der Waals surface area (Å²) in [4.78, 5) is 22.0. The second kappa shape index (κ2) is 6.71. The molecule has 0 bridgehead atoms. The Hall–Kier alpha value is -3.85. The molecular weight excluding hydrogens is 374 g/mol. The van der Waals surface area contributed by atoms with E-state index >= 15 is 0 Å². The monoisotopic (exact) mass is 387 g/mol. The maximum atomic E-state index is 12.5. The average molecular weight is 387 g/mol. The van der Waals surface area contributed by atoms with Gasteiger partial charge in [-0.3, -0.25) is 13.8 Å². The third-order valence-corrected chi connectivity index (χ3v) is 4.93. The molecule has 4 aromatic heterocycles. The summed E-state index contributed by atoms with van der Waals surface area (Å²) in [6.07, 6.45) is 8.96. The molecule has 0 fully saturated rings. The quantitative estimate of drug-likeness (QED) is 0.511. The molecule has 0 spiro atoms. The number of carbonyl (C=O) groups excluding carboxylic acids is 1. The maximum Gasteiger partial charge on any atom is 0.276 e. The van der Waals surface area contributed by atoms with E-state index in [-0.39, 0.29) is 11.6 Å². The normalized spacial score (nSPS) is 11.0. The van der Waals surface area contributed by atoms with Crippen molar-refractivity contribution in [1.29, 1.82) is 0 Å². The fraction of sp³-hybridized carbons (Fsp3) is 0. The predicted octanol–water partition coefficient (Wildman–Crippen LogP) is 3.29. The lowest BCUT2D eigenvalue weighted by molar-refractivity contribution is 0.102. The van der Waals surface area contributed by atoms with E-state index in [1.165, 1.54) is 0 Å². The number of nitrogens with zero attached hydrogens (tertiary/aromatic N) is 6.